The number of aryl methyl sites for hydroxylation is 2. The van der Waals surface area contributed by atoms with E-state index < -0.39 is 5.97 Å². The Bertz CT molecular complexity index is 471. The minimum atomic E-state index is -0.866. The van der Waals surface area contributed by atoms with Crippen LogP contribution in [-0.2, 0) is 16.0 Å². The van der Waals surface area contributed by atoms with Crippen LogP contribution in [0.25, 0.3) is 0 Å². The van der Waals surface area contributed by atoms with Crippen molar-refractivity contribution in [1.82, 2.24) is 9.88 Å². The van der Waals surface area contributed by atoms with Gasteiger partial charge in [0.15, 0.2) is 0 Å². The smallest absolute Gasteiger partial charge is 0.305 e. The van der Waals surface area contributed by atoms with Gasteiger partial charge in [-0.05, 0) is 25.7 Å². The number of carbonyl (C=O) groups is 2. The van der Waals surface area contributed by atoms with Gasteiger partial charge in [0.1, 0.15) is 0 Å². The topological polar surface area (TPSA) is 70.5 Å². The molecule has 5 nitrogen and oxygen atoms in total. The number of aliphatic carboxylic acids is 1. The lowest BCUT2D eigenvalue weighted by Crippen LogP contribution is -2.35. The molecule has 0 aromatic carbocycles. The van der Waals surface area contributed by atoms with Crippen LogP contribution in [0.5, 0.6) is 0 Å². The van der Waals surface area contributed by atoms with Crippen LogP contribution in [-0.4, -0.2) is 40.0 Å². The van der Waals surface area contributed by atoms with Crippen molar-refractivity contribution in [2.75, 3.05) is 13.1 Å². The van der Waals surface area contributed by atoms with Crippen LogP contribution < -0.4 is 0 Å². The van der Waals surface area contributed by atoms with Crippen molar-refractivity contribution in [3.8, 4) is 0 Å². The fraction of sp³-hybridized carbons (Fsp3) is 0.667. The number of nitrogens with zero attached hydrogens (tertiary/aromatic N) is 2. The van der Waals surface area contributed by atoms with Crippen LogP contribution in [0.15, 0.2) is 5.38 Å². The fourth-order valence-corrected chi connectivity index (χ4v) is 2.74. The second kappa shape index (κ2) is 8.77. The molecule has 6 heteroatoms. The third-order valence-electron chi connectivity index (χ3n) is 3.02. The number of amides is 1. The van der Waals surface area contributed by atoms with E-state index in [9.17, 15) is 9.59 Å². The monoisotopic (exact) mass is 312 g/mol. The zero-order chi connectivity index (χ0) is 15.8. The number of carboxylic acid groups (broad SMARTS) is 1. The molecule has 0 spiro atoms. The SMILES string of the molecule is Cc1nc(CCCC(=O)N(CCC(=O)O)CC(C)C)cs1. The van der Waals surface area contributed by atoms with Crippen molar-refractivity contribution in [2.24, 2.45) is 5.92 Å². The summed E-state index contributed by atoms with van der Waals surface area (Å²) < 4.78 is 0. The summed E-state index contributed by atoms with van der Waals surface area (Å²) in [5, 5.41) is 11.8. The molecule has 1 rings (SSSR count). The molecule has 1 aromatic rings. The summed E-state index contributed by atoms with van der Waals surface area (Å²) in [5.74, 6) is -0.490. The Morgan fingerprint density at radius 3 is 2.62 bits per heavy atom. The first kappa shape index (κ1) is 17.6. The quantitative estimate of drug-likeness (QED) is 0.761. The molecule has 0 fully saturated rings. The summed E-state index contributed by atoms with van der Waals surface area (Å²) in [4.78, 5) is 28.9. The van der Waals surface area contributed by atoms with Crippen LogP contribution in [0.3, 0.4) is 0 Å². The molecule has 0 aliphatic carbocycles. The molecule has 0 aliphatic rings. The molecule has 0 saturated carbocycles. The molecule has 21 heavy (non-hydrogen) atoms. The number of aromatic nitrogens is 1. The molecule has 1 amide bonds. The summed E-state index contributed by atoms with van der Waals surface area (Å²) in [7, 11) is 0. The van der Waals surface area contributed by atoms with Crippen LogP contribution in [0.4, 0.5) is 0 Å². The van der Waals surface area contributed by atoms with Gasteiger partial charge < -0.3 is 10.0 Å². The van der Waals surface area contributed by atoms with E-state index in [0.717, 1.165) is 23.5 Å². The average Bonchev–Trinajstić information content (AvgIpc) is 2.79. The highest BCUT2D eigenvalue weighted by Crippen LogP contribution is 2.12. The molecule has 0 unspecified atom stereocenters. The zero-order valence-corrected chi connectivity index (χ0v) is 13.8. The molecule has 118 valence electrons. The highest BCUT2D eigenvalue weighted by Gasteiger charge is 2.16. The van der Waals surface area contributed by atoms with Gasteiger partial charge >= 0.3 is 5.97 Å². The fourth-order valence-electron chi connectivity index (χ4n) is 2.09. The van der Waals surface area contributed by atoms with Gasteiger partial charge in [-0.15, -0.1) is 11.3 Å². The van der Waals surface area contributed by atoms with Crippen molar-refractivity contribution in [3.05, 3.63) is 16.1 Å². The predicted molar refractivity (Wildman–Crippen MR) is 83.5 cm³/mol. The molecule has 1 aromatic heterocycles. The first-order valence-electron chi connectivity index (χ1n) is 7.29. The van der Waals surface area contributed by atoms with Crippen LogP contribution in [0, 0.1) is 12.8 Å². The van der Waals surface area contributed by atoms with Gasteiger partial charge in [0.2, 0.25) is 5.91 Å². The van der Waals surface area contributed by atoms with Crippen LogP contribution in [0.1, 0.15) is 43.8 Å². The normalized spacial score (nSPS) is 10.9. The molecule has 0 saturated heterocycles. The number of hydrogen-bond donors (Lipinski definition) is 1. The lowest BCUT2D eigenvalue weighted by atomic mass is 10.1. The zero-order valence-electron chi connectivity index (χ0n) is 13.0. The van der Waals surface area contributed by atoms with Gasteiger partial charge in [-0.1, -0.05) is 13.8 Å². The molecule has 0 radical (unpaired) electrons. The van der Waals surface area contributed by atoms with Crippen molar-refractivity contribution in [1.29, 1.82) is 0 Å². The Kier molecular flexibility index (Phi) is 7.36. The van der Waals surface area contributed by atoms with E-state index in [-0.39, 0.29) is 12.3 Å². The standard InChI is InChI=1S/C15H24N2O3S/c1-11(2)9-17(8-7-15(19)20)14(18)6-4-5-13-10-21-12(3)16-13/h10-11H,4-9H2,1-3H3,(H,19,20). The maximum absolute atomic E-state index is 12.2. The van der Waals surface area contributed by atoms with Gasteiger partial charge in [0.25, 0.3) is 0 Å². The van der Waals surface area contributed by atoms with Gasteiger partial charge in [-0.25, -0.2) is 4.98 Å². The minimum Gasteiger partial charge on any atom is -0.481 e. The number of carbonyl (C=O) groups excluding carboxylic acids is 1. The molecule has 0 aliphatic heterocycles. The lowest BCUT2D eigenvalue weighted by Gasteiger charge is -2.24. The van der Waals surface area contributed by atoms with Gasteiger partial charge in [0, 0.05) is 24.9 Å². The average molecular weight is 312 g/mol. The molecule has 1 heterocycles. The van der Waals surface area contributed by atoms with Gasteiger partial charge in [0.05, 0.1) is 17.1 Å². The van der Waals surface area contributed by atoms with Crippen LogP contribution in [0.2, 0.25) is 0 Å². The Morgan fingerprint density at radius 1 is 1.38 bits per heavy atom. The number of rotatable bonds is 9. The Labute approximate surface area is 130 Å². The Hall–Kier alpha value is -1.43. The summed E-state index contributed by atoms with van der Waals surface area (Å²) in [6.45, 7) is 6.93. The first-order chi connectivity index (χ1) is 9.88. The first-order valence-corrected chi connectivity index (χ1v) is 8.17. The van der Waals surface area contributed by atoms with E-state index in [2.05, 4.69) is 4.98 Å². The molecule has 1 N–H and O–H groups in total. The molecule has 0 bridgehead atoms. The summed E-state index contributed by atoms with van der Waals surface area (Å²) in [5.41, 5.74) is 1.03. The van der Waals surface area contributed by atoms with E-state index in [1.807, 2.05) is 26.2 Å². The predicted octanol–water partition coefficient (Wildman–Crippen LogP) is 2.73. The Morgan fingerprint density at radius 2 is 2.10 bits per heavy atom. The highest BCUT2D eigenvalue weighted by molar-refractivity contribution is 7.09. The molecular weight excluding hydrogens is 288 g/mol. The number of thiazole rings is 1. The van der Waals surface area contributed by atoms with Crippen LogP contribution >= 0.6 is 11.3 Å². The number of carboxylic acids is 1. The second-order valence-electron chi connectivity index (χ2n) is 5.59. The lowest BCUT2D eigenvalue weighted by molar-refractivity contribution is -0.138. The maximum Gasteiger partial charge on any atom is 0.305 e. The molecule has 0 atom stereocenters. The number of hydrogen-bond acceptors (Lipinski definition) is 4. The second-order valence-corrected chi connectivity index (χ2v) is 6.65. The van der Waals surface area contributed by atoms with E-state index >= 15 is 0 Å². The van der Waals surface area contributed by atoms with Crippen molar-refractivity contribution < 1.29 is 14.7 Å². The van der Waals surface area contributed by atoms with Crippen molar-refractivity contribution >= 4 is 23.2 Å². The summed E-state index contributed by atoms with van der Waals surface area (Å²) in [6, 6.07) is 0. The van der Waals surface area contributed by atoms with E-state index in [4.69, 9.17) is 5.11 Å². The minimum absolute atomic E-state index is 0.00371. The Balaban J connectivity index is 2.41. The summed E-state index contributed by atoms with van der Waals surface area (Å²) in [6.07, 6.45) is 2.00. The largest absolute Gasteiger partial charge is 0.481 e. The third-order valence-corrected chi connectivity index (χ3v) is 3.85. The van der Waals surface area contributed by atoms with Gasteiger partial charge in [-0.3, -0.25) is 9.59 Å². The summed E-state index contributed by atoms with van der Waals surface area (Å²) >= 11 is 1.62. The van der Waals surface area contributed by atoms with E-state index in [1.165, 1.54) is 0 Å². The maximum atomic E-state index is 12.2. The molecular formula is C15H24N2O3S. The van der Waals surface area contributed by atoms with E-state index in [1.54, 1.807) is 16.2 Å². The van der Waals surface area contributed by atoms with Crippen molar-refractivity contribution in [3.63, 3.8) is 0 Å². The van der Waals surface area contributed by atoms with E-state index in [0.29, 0.717) is 25.4 Å². The third kappa shape index (κ3) is 7.22. The highest BCUT2D eigenvalue weighted by atomic mass is 32.1. The van der Waals surface area contributed by atoms with Gasteiger partial charge in [-0.2, -0.15) is 0 Å². The van der Waals surface area contributed by atoms with Crippen molar-refractivity contribution in [2.45, 2.75) is 46.5 Å².